The predicted molar refractivity (Wildman–Crippen MR) is 109 cm³/mol. The molecule has 0 saturated heterocycles. The van der Waals surface area contributed by atoms with Crippen molar-refractivity contribution in [2.24, 2.45) is 0 Å². The quantitative estimate of drug-likeness (QED) is 0.520. The van der Waals surface area contributed by atoms with E-state index >= 15 is 0 Å². The molecule has 0 radical (unpaired) electrons. The van der Waals surface area contributed by atoms with Crippen molar-refractivity contribution in [3.8, 4) is 5.75 Å². The number of methoxy groups -OCH3 is 1. The Balaban J connectivity index is 1.38. The predicted octanol–water partition coefficient (Wildman–Crippen LogP) is 3.74. The second-order valence-electron chi connectivity index (χ2n) is 5.77. The van der Waals surface area contributed by atoms with Crippen molar-refractivity contribution in [2.45, 2.75) is 5.50 Å². The molecule has 1 aliphatic heterocycles. The molecule has 1 amide bonds. The first kappa shape index (κ1) is 17.6. The van der Waals surface area contributed by atoms with Crippen LogP contribution in [0.2, 0.25) is 5.02 Å². The third kappa shape index (κ3) is 3.96. The van der Waals surface area contributed by atoms with Gasteiger partial charge in [-0.1, -0.05) is 23.4 Å². The molecule has 0 bridgehead atoms. The van der Waals surface area contributed by atoms with Crippen LogP contribution >= 0.6 is 23.4 Å². The van der Waals surface area contributed by atoms with Gasteiger partial charge in [-0.3, -0.25) is 10.1 Å². The zero-order valence-corrected chi connectivity index (χ0v) is 15.8. The second-order valence-corrected chi connectivity index (χ2v) is 7.18. The van der Waals surface area contributed by atoms with Crippen LogP contribution in [-0.2, 0) is 4.79 Å². The van der Waals surface area contributed by atoms with Gasteiger partial charge in [0, 0.05) is 22.2 Å². The monoisotopic (exact) mass is 401 g/mol. The lowest BCUT2D eigenvalue weighted by atomic mass is 10.3. The number of nitrogens with zero attached hydrogens (tertiary/aromatic N) is 1. The van der Waals surface area contributed by atoms with Crippen molar-refractivity contribution in [1.82, 2.24) is 15.3 Å². The summed E-state index contributed by atoms with van der Waals surface area (Å²) >= 11 is 7.36. The Labute approximate surface area is 164 Å². The van der Waals surface area contributed by atoms with Crippen LogP contribution in [0, 0.1) is 0 Å². The summed E-state index contributed by atoms with van der Waals surface area (Å²) in [4.78, 5) is 19.9. The number of imidazole rings is 1. The van der Waals surface area contributed by atoms with Crippen LogP contribution in [0.5, 0.6) is 5.75 Å². The van der Waals surface area contributed by atoms with Gasteiger partial charge in [-0.2, -0.15) is 0 Å². The summed E-state index contributed by atoms with van der Waals surface area (Å²) < 4.78 is 5.18. The second kappa shape index (κ2) is 7.42. The van der Waals surface area contributed by atoms with E-state index in [1.54, 1.807) is 30.7 Å². The zero-order valence-electron chi connectivity index (χ0n) is 14.2. The minimum absolute atomic E-state index is 0.146. The van der Waals surface area contributed by atoms with E-state index in [9.17, 15) is 4.79 Å². The van der Waals surface area contributed by atoms with Gasteiger partial charge in [0.25, 0.3) is 5.91 Å². The summed E-state index contributed by atoms with van der Waals surface area (Å²) in [5, 5.41) is 11.6. The number of amides is 1. The third-order valence-electron chi connectivity index (χ3n) is 3.92. The van der Waals surface area contributed by atoms with Crippen LogP contribution in [0.3, 0.4) is 0 Å². The molecular weight excluding hydrogens is 386 g/mol. The molecular formula is C18H16ClN5O2S. The Hall–Kier alpha value is -2.84. The maximum absolute atomic E-state index is 12.5. The number of carbonyl (C=O) groups excluding carboxylic acids is 1. The molecule has 1 aromatic heterocycles. The lowest BCUT2D eigenvalue weighted by molar-refractivity contribution is -0.113. The molecule has 0 fully saturated rings. The van der Waals surface area contributed by atoms with E-state index in [0.717, 1.165) is 16.7 Å². The first-order chi connectivity index (χ1) is 13.1. The third-order valence-corrected chi connectivity index (χ3v) is 5.05. The molecule has 2 aromatic carbocycles. The molecule has 1 atom stereocenters. The Bertz CT molecular complexity index is 1020. The van der Waals surface area contributed by atoms with Gasteiger partial charge in [-0.25, -0.2) is 4.98 Å². The van der Waals surface area contributed by atoms with Crippen molar-refractivity contribution in [2.75, 3.05) is 17.7 Å². The number of aromatic nitrogens is 2. The molecule has 2 heterocycles. The van der Waals surface area contributed by atoms with Crippen molar-refractivity contribution in [1.29, 1.82) is 0 Å². The molecule has 4 N–H and O–H groups in total. The van der Waals surface area contributed by atoms with Crippen molar-refractivity contribution in [3.05, 3.63) is 58.6 Å². The summed E-state index contributed by atoms with van der Waals surface area (Å²) in [5.74, 6) is 0.818. The molecule has 0 saturated carbocycles. The molecule has 1 unspecified atom stereocenters. The number of H-pyrrole nitrogens is 1. The first-order valence-electron chi connectivity index (χ1n) is 8.10. The smallest absolute Gasteiger partial charge is 0.274 e. The van der Waals surface area contributed by atoms with E-state index in [1.165, 1.54) is 11.8 Å². The number of hydrogen-bond donors (Lipinski definition) is 4. The van der Waals surface area contributed by atoms with Crippen LogP contribution in [0.25, 0.3) is 11.0 Å². The Morgan fingerprint density at radius 2 is 2.07 bits per heavy atom. The van der Waals surface area contributed by atoms with E-state index in [2.05, 4.69) is 25.9 Å². The van der Waals surface area contributed by atoms with Gasteiger partial charge in [-0.05, 0) is 36.4 Å². The first-order valence-corrected chi connectivity index (χ1v) is 9.42. The Morgan fingerprint density at radius 1 is 1.26 bits per heavy atom. The minimum atomic E-state index is -0.270. The van der Waals surface area contributed by atoms with Gasteiger partial charge in [0.1, 0.15) is 16.9 Å². The number of aromatic amines is 1. The van der Waals surface area contributed by atoms with Crippen molar-refractivity contribution in [3.63, 3.8) is 0 Å². The number of ether oxygens (including phenoxy) is 1. The summed E-state index contributed by atoms with van der Waals surface area (Å²) in [6, 6.07) is 12.9. The maximum Gasteiger partial charge on any atom is 0.274 e. The number of fused-ring (bicyclic) bond motifs is 1. The van der Waals surface area contributed by atoms with Gasteiger partial charge < -0.3 is 20.4 Å². The van der Waals surface area contributed by atoms with Crippen LogP contribution in [0.1, 0.15) is 0 Å². The van der Waals surface area contributed by atoms with Gasteiger partial charge in [0.05, 0.1) is 18.1 Å². The maximum atomic E-state index is 12.5. The number of thioether (sulfide) groups is 1. The molecule has 4 rings (SSSR count). The largest absolute Gasteiger partial charge is 0.497 e. The lowest BCUT2D eigenvalue weighted by Crippen LogP contribution is -2.33. The van der Waals surface area contributed by atoms with Crippen LogP contribution in [0.15, 0.2) is 53.6 Å². The molecule has 0 spiro atoms. The average molecular weight is 402 g/mol. The van der Waals surface area contributed by atoms with Gasteiger partial charge >= 0.3 is 0 Å². The topological polar surface area (TPSA) is 91.1 Å². The minimum Gasteiger partial charge on any atom is -0.497 e. The van der Waals surface area contributed by atoms with Gasteiger partial charge in [0.2, 0.25) is 5.95 Å². The van der Waals surface area contributed by atoms with Crippen LogP contribution in [0.4, 0.5) is 11.6 Å². The van der Waals surface area contributed by atoms with E-state index in [1.807, 2.05) is 24.3 Å². The highest BCUT2D eigenvalue weighted by Gasteiger charge is 2.22. The fourth-order valence-electron chi connectivity index (χ4n) is 2.58. The number of hydrogen-bond acceptors (Lipinski definition) is 6. The summed E-state index contributed by atoms with van der Waals surface area (Å²) in [7, 11) is 1.60. The molecule has 1 aliphatic rings. The fraction of sp³-hybridized carbons (Fsp3) is 0.111. The highest BCUT2D eigenvalue weighted by molar-refractivity contribution is 8.03. The average Bonchev–Trinajstić information content (AvgIpc) is 3.29. The highest BCUT2D eigenvalue weighted by Crippen LogP contribution is 2.25. The standard InChI is InChI=1S/C18H16ClN5O2S/c1-26-12-6-7-13-14(8-12)22-17(21-13)24-16(25)15-9-27-18(23-15)20-11-4-2-10(19)3-5-11/h2-9,18,20,23H,1H3,(H2,21,22,24,25). The Kier molecular flexibility index (Phi) is 4.83. The van der Waals surface area contributed by atoms with Crippen LogP contribution in [-0.4, -0.2) is 28.5 Å². The number of carbonyl (C=O) groups is 1. The van der Waals surface area contributed by atoms with Crippen molar-refractivity contribution < 1.29 is 9.53 Å². The SMILES string of the molecule is COc1ccc2[nH]c(NC(=O)C3=CSC(Nc4ccc(Cl)cc4)N3)nc2c1. The summed E-state index contributed by atoms with van der Waals surface area (Å²) in [6.45, 7) is 0. The Morgan fingerprint density at radius 3 is 2.85 bits per heavy atom. The normalized spacial score (nSPS) is 15.9. The number of benzene rings is 2. The summed E-state index contributed by atoms with van der Waals surface area (Å²) in [5.41, 5.74) is 2.76. The van der Waals surface area contributed by atoms with E-state index in [-0.39, 0.29) is 11.4 Å². The van der Waals surface area contributed by atoms with E-state index in [4.69, 9.17) is 16.3 Å². The molecule has 138 valence electrons. The number of halogens is 1. The van der Waals surface area contributed by atoms with E-state index < -0.39 is 0 Å². The number of nitrogens with one attached hydrogen (secondary N) is 4. The molecule has 0 aliphatic carbocycles. The molecule has 27 heavy (non-hydrogen) atoms. The molecule has 9 heteroatoms. The fourth-order valence-corrected chi connectivity index (χ4v) is 3.55. The van der Waals surface area contributed by atoms with Gasteiger partial charge in [-0.15, -0.1) is 0 Å². The number of anilines is 2. The van der Waals surface area contributed by atoms with E-state index in [0.29, 0.717) is 22.4 Å². The van der Waals surface area contributed by atoms with Gasteiger partial charge in [0.15, 0.2) is 0 Å². The van der Waals surface area contributed by atoms with Crippen LogP contribution < -0.4 is 20.7 Å². The molecule has 3 aromatic rings. The van der Waals surface area contributed by atoms with Crippen molar-refractivity contribution >= 4 is 51.9 Å². The summed E-state index contributed by atoms with van der Waals surface area (Å²) in [6.07, 6.45) is 0. The lowest BCUT2D eigenvalue weighted by Gasteiger charge is -2.15. The molecule has 7 nitrogen and oxygen atoms in total. The zero-order chi connectivity index (χ0) is 18.8. The number of rotatable bonds is 5. The highest BCUT2D eigenvalue weighted by atomic mass is 35.5.